The molecule has 2 aliphatic heterocycles. The van der Waals surface area contributed by atoms with E-state index in [4.69, 9.17) is 15.9 Å². The topological polar surface area (TPSA) is 234 Å². The number of carbonyl (C=O) groups excluding carboxylic acids is 6. The summed E-state index contributed by atoms with van der Waals surface area (Å²) in [7, 11) is 0. The van der Waals surface area contributed by atoms with Crippen LogP contribution in [0, 0.1) is 0 Å². The van der Waals surface area contributed by atoms with Crippen LogP contribution in [-0.4, -0.2) is 98.7 Å². The van der Waals surface area contributed by atoms with Crippen LogP contribution in [0.25, 0.3) is 10.8 Å². The van der Waals surface area contributed by atoms with Gasteiger partial charge in [0.1, 0.15) is 18.6 Å². The number of amides is 6. The predicted molar refractivity (Wildman–Crippen MR) is 165 cm³/mol. The zero-order chi connectivity index (χ0) is 33.7. The molecule has 0 aromatic heterocycles. The van der Waals surface area contributed by atoms with Crippen LogP contribution in [0.3, 0.4) is 0 Å². The van der Waals surface area contributed by atoms with Crippen LogP contribution in [0.15, 0.2) is 30.3 Å². The molecule has 2 heterocycles. The number of carbonyl (C=O) groups is 8. The molecule has 6 amide bonds. The van der Waals surface area contributed by atoms with Crippen LogP contribution in [-0.2, 0) is 28.8 Å². The maximum Gasteiger partial charge on any atom is 0.322 e. The molecule has 0 aliphatic carbocycles. The van der Waals surface area contributed by atoms with Crippen molar-refractivity contribution < 1.29 is 48.6 Å². The summed E-state index contributed by atoms with van der Waals surface area (Å²) in [6.07, 6.45) is 0.626. The summed E-state index contributed by atoms with van der Waals surface area (Å²) < 4.78 is 0. The summed E-state index contributed by atoms with van der Waals surface area (Å²) in [4.78, 5) is 102. The van der Waals surface area contributed by atoms with E-state index in [0.29, 0.717) is 17.2 Å². The van der Waals surface area contributed by atoms with Crippen LogP contribution in [0.4, 0.5) is 5.69 Å². The van der Waals surface area contributed by atoms with Crippen LogP contribution < -0.4 is 21.3 Å². The molecule has 1 saturated heterocycles. The molecule has 4 rings (SSSR count). The Balaban J connectivity index is 1.53. The van der Waals surface area contributed by atoms with Crippen LogP contribution >= 0.6 is 11.8 Å². The molecule has 6 N–H and O–H groups in total. The second-order valence-electron chi connectivity index (χ2n) is 10.8. The Labute approximate surface area is 266 Å². The molecular formula is C30H33N5O10S. The molecule has 0 spiro atoms. The Morgan fingerprint density at radius 2 is 1.74 bits per heavy atom. The van der Waals surface area contributed by atoms with Crippen molar-refractivity contribution in [3.05, 3.63) is 41.5 Å². The number of nitrogens with two attached hydrogens (primary N) is 1. The van der Waals surface area contributed by atoms with Gasteiger partial charge in [-0.1, -0.05) is 25.5 Å². The highest BCUT2D eigenvalue weighted by molar-refractivity contribution is 8.00. The third kappa shape index (κ3) is 7.18. The predicted octanol–water partition coefficient (Wildman–Crippen LogP) is 0.479. The van der Waals surface area contributed by atoms with E-state index in [0.717, 1.165) is 23.1 Å². The summed E-state index contributed by atoms with van der Waals surface area (Å²) in [6.45, 7) is 1.47. The number of rotatable bonds is 15. The van der Waals surface area contributed by atoms with Gasteiger partial charge in [0.2, 0.25) is 23.6 Å². The van der Waals surface area contributed by atoms with Gasteiger partial charge in [-0.05, 0) is 31.0 Å². The Morgan fingerprint density at radius 3 is 2.39 bits per heavy atom. The number of hydrogen-bond acceptors (Lipinski definition) is 10. The average Bonchev–Trinajstić information content (AvgIpc) is 3.30. The summed E-state index contributed by atoms with van der Waals surface area (Å²) in [5.41, 5.74) is 6.19. The van der Waals surface area contributed by atoms with Gasteiger partial charge in [-0.25, -0.2) is 4.90 Å². The smallest absolute Gasteiger partial charge is 0.322 e. The molecule has 244 valence electrons. The number of imide groups is 2. The van der Waals surface area contributed by atoms with E-state index in [1.807, 2.05) is 6.92 Å². The number of carboxylic acid groups (broad SMARTS) is 2. The third-order valence-electron chi connectivity index (χ3n) is 7.58. The highest BCUT2D eigenvalue weighted by Gasteiger charge is 2.42. The number of carboxylic acids is 2. The minimum atomic E-state index is -1.33. The maximum atomic E-state index is 13.6. The lowest BCUT2D eigenvalue weighted by Gasteiger charge is -2.28. The van der Waals surface area contributed by atoms with Gasteiger partial charge in [0.25, 0.3) is 11.8 Å². The van der Waals surface area contributed by atoms with Crippen LogP contribution in [0.2, 0.25) is 0 Å². The van der Waals surface area contributed by atoms with Crippen molar-refractivity contribution in [2.24, 2.45) is 5.73 Å². The quantitative estimate of drug-likeness (QED) is 0.165. The highest BCUT2D eigenvalue weighted by atomic mass is 32.2. The zero-order valence-corrected chi connectivity index (χ0v) is 25.6. The number of unbranched alkanes of at least 4 members (excludes halogenated alkanes) is 1. The lowest BCUT2D eigenvalue weighted by atomic mass is 9.92. The first-order chi connectivity index (χ1) is 21.8. The summed E-state index contributed by atoms with van der Waals surface area (Å²) in [5.74, 6) is -6.52. The average molecular weight is 656 g/mol. The molecule has 0 saturated carbocycles. The number of thioether (sulfide) groups is 1. The Kier molecular flexibility index (Phi) is 10.7. The van der Waals surface area contributed by atoms with Gasteiger partial charge in [0.15, 0.2) is 0 Å². The minimum Gasteiger partial charge on any atom is -0.480 e. The number of benzene rings is 2. The Hall–Kier alpha value is -4.83. The second-order valence-corrected chi connectivity index (χ2v) is 12.0. The van der Waals surface area contributed by atoms with Crippen molar-refractivity contribution in [1.29, 1.82) is 0 Å². The van der Waals surface area contributed by atoms with E-state index in [1.54, 1.807) is 18.2 Å². The Morgan fingerprint density at radius 1 is 1.04 bits per heavy atom. The van der Waals surface area contributed by atoms with E-state index in [-0.39, 0.29) is 48.4 Å². The van der Waals surface area contributed by atoms with E-state index < -0.39 is 71.3 Å². The molecule has 1 unspecified atom stereocenters. The van der Waals surface area contributed by atoms with Gasteiger partial charge in [-0.15, -0.1) is 11.8 Å². The molecule has 0 bridgehead atoms. The fourth-order valence-electron chi connectivity index (χ4n) is 5.19. The first-order valence-electron chi connectivity index (χ1n) is 14.5. The fourth-order valence-corrected chi connectivity index (χ4v) is 6.36. The second kappa shape index (κ2) is 14.5. The number of hydrogen-bond donors (Lipinski definition) is 5. The Bertz CT molecular complexity index is 1610. The van der Waals surface area contributed by atoms with Crippen molar-refractivity contribution in [3.63, 3.8) is 0 Å². The molecule has 46 heavy (non-hydrogen) atoms. The minimum absolute atomic E-state index is 0.195. The normalized spacial score (nSPS) is 17.3. The van der Waals surface area contributed by atoms with Crippen molar-refractivity contribution in [2.75, 3.05) is 23.7 Å². The molecule has 16 heteroatoms. The molecule has 15 nitrogen and oxygen atoms in total. The van der Waals surface area contributed by atoms with Gasteiger partial charge in [0, 0.05) is 47.0 Å². The SMILES string of the molecule is CCCCN1C(=O)c2cccc3c(N4C(=O)CC(SC[C@H](NC(=O)CC[C@H](N)C(=O)O)C(=O)NCC(=O)O)C4=O)ccc(c23)C1=O. The molecule has 0 radical (unpaired) electrons. The van der Waals surface area contributed by atoms with E-state index >= 15 is 0 Å². The maximum absolute atomic E-state index is 13.6. The monoisotopic (exact) mass is 655 g/mol. The van der Waals surface area contributed by atoms with E-state index in [9.17, 15) is 38.4 Å². The summed E-state index contributed by atoms with van der Waals surface area (Å²) in [6, 6.07) is 5.18. The lowest BCUT2D eigenvalue weighted by Crippen LogP contribution is -2.50. The van der Waals surface area contributed by atoms with Gasteiger partial charge < -0.3 is 26.6 Å². The molecule has 3 atom stereocenters. The van der Waals surface area contributed by atoms with Crippen LogP contribution in [0.5, 0.6) is 0 Å². The first kappa shape index (κ1) is 34.1. The van der Waals surface area contributed by atoms with E-state index in [2.05, 4.69) is 10.6 Å². The molecule has 1 fully saturated rings. The lowest BCUT2D eigenvalue weighted by molar-refractivity contribution is -0.139. The first-order valence-corrected chi connectivity index (χ1v) is 15.6. The number of nitrogens with one attached hydrogen (secondary N) is 2. The summed E-state index contributed by atoms with van der Waals surface area (Å²) in [5, 5.41) is 22.2. The number of aliphatic carboxylic acids is 2. The summed E-state index contributed by atoms with van der Waals surface area (Å²) >= 11 is 0.904. The van der Waals surface area contributed by atoms with Crippen molar-refractivity contribution in [3.8, 4) is 0 Å². The molecule has 2 aromatic carbocycles. The molecule has 2 aliphatic rings. The van der Waals surface area contributed by atoms with Crippen molar-refractivity contribution in [1.82, 2.24) is 15.5 Å². The van der Waals surface area contributed by atoms with Gasteiger partial charge in [-0.2, -0.15) is 0 Å². The fraction of sp³-hybridized carbons (Fsp3) is 0.400. The zero-order valence-electron chi connectivity index (χ0n) is 24.8. The third-order valence-corrected chi connectivity index (χ3v) is 8.88. The van der Waals surface area contributed by atoms with Gasteiger partial charge >= 0.3 is 11.9 Å². The number of anilines is 1. The van der Waals surface area contributed by atoms with E-state index in [1.165, 1.54) is 17.0 Å². The standard InChI is InChI=1S/C30H33N5O10S/c1-2-3-11-34-27(41)16-6-4-5-15-20(9-7-17(25(15)16)28(34)42)35-23(37)12-21(29(35)43)46-14-19(26(40)32-13-24(38)39)33-22(36)10-8-18(31)30(44)45/h4-7,9,18-19,21H,2-3,8,10-14,31H2,1H3,(H,32,40)(H,33,36)(H,38,39)(H,44,45)/t18-,19-,21?/m0/s1. The molecule has 2 aromatic rings. The van der Waals surface area contributed by atoms with Gasteiger partial charge in [0.05, 0.1) is 10.9 Å². The highest BCUT2D eigenvalue weighted by Crippen LogP contribution is 2.39. The van der Waals surface area contributed by atoms with Crippen molar-refractivity contribution in [2.45, 2.75) is 56.4 Å². The van der Waals surface area contributed by atoms with Crippen LogP contribution in [0.1, 0.15) is 59.7 Å². The number of nitrogens with zero attached hydrogens (tertiary/aromatic N) is 2. The molecular weight excluding hydrogens is 622 g/mol. The van der Waals surface area contributed by atoms with Gasteiger partial charge in [-0.3, -0.25) is 43.3 Å². The van der Waals surface area contributed by atoms with Crippen molar-refractivity contribution >= 4 is 75.6 Å². The largest absolute Gasteiger partial charge is 0.480 e.